The Bertz CT molecular complexity index is 962. The first-order valence-corrected chi connectivity index (χ1v) is 15.8. The molecule has 1 N–H and O–H groups in total. The molecule has 31 heavy (non-hydrogen) atoms. The second kappa shape index (κ2) is 9.50. The first-order valence-electron chi connectivity index (χ1n) is 10.5. The van der Waals surface area contributed by atoms with Crippen LogP contribution in [0.15, 0.2) is 16.3 Å². The molecule has 0 radical (unpaired) electrons. The van der Waals surface area contributed by atoms with Crippen molar-refractivity contribution in [1.82, 2.24) is 4.72 Å². The molecule has 0 spiro atoms. The molecule has 0 aliphatic rings. The summed E-state index contributed by atoms with van der Waals surface area (Å²) >= 11 is 2.70. The smallest absolute Gasteiger partial charge is 0.421 e. The van der Waals surface area contributed by atoms with Gasteiger partial charge < -0.3 is 9.16 Å². The fourth-order valence-corrected chi connectivity index (χ4v) is 13.5. The zero-order valence-corrected chi connectivity index (χ0v) is 23.3. The zero-order valence-electron chi connectivity index (χ0n) is 19.9. The number of amides is 1. The molecular formula is C21H35NO5S3Si. The van der Waals surface area contributed by atoms with E-state index in [1.54, 1.807) is 38.2 Å². The Hall–Kier alpha value is -0.943. The highest BCUT2D eigenvalue weighted by Crippen LogP contribution is 2.44. The molecule has 2 aromatic rings. The molecule has 0 fully saturated rings. The van der Waals surface area contributed by atoms with Crippen molar-refractivity contribution in [3.63, 3.8) is 0 Å². The van der Waals surface area contributed by atoms with E-state index in [0.717, 1.165) is 25.6 Å². The first kappa shape index (κ1) is 26.3. The van der Waals surface area contributed by atoms with Gasteiger partial charge in [-0.1, -0.05) is 41.5 Å². The van der Waals surface area contributed by atoms with Gasteiger partial charge in [-0.2, -0.15) is 0 Å². The number of rotatable bonds is 8. The Balaban J connectivity index is 2.18. The molecule has 0 saturated heterocycles. The third kappa shape index (κ3) is 6.10. The van der Waals surface area contributed by atoms with Crippen LogP contribution in [0.1, 0.15) is 67.2 Å². The topological polar surface area (TPSA) is 81.7 Å². The molecule has 0 aliphatic heterocycles. The number of carbonyl (C=O) groups excluding carboxylic acids is 1. The first-order chi connectivity index (χ1) is 14.1. The summed E-state index contributed by atoms with van der Waals surface area (Å²) in [5, 5.41) is 0.851. The molecule has 0 aliphatic carbocycles. The van der Waals surface area contributed by atoms with Crippen molar-refractivity contribution >= 4 is 56.5 Å². The molecule has 2 rings (SSSR count). The van der Waals surface area contributed by atoms with Crippen LogP contribution >= 0.6 is 22.7 Å². The van der Waals surface area contributed by atoms with Crippen LogP contribution in [-0.4, -0.2) is 28.4 Å². The number of sulfonamides is 1. The number of thiophene rings is 2. The minimum atomic E-state index is -3.97. The van der Waals surface area contributed by atoms with Crippen molar-refractivity contribution in [2.45, 2.75) is 95.4 Å². The number of hydrogen-bond acceptors (Lipinski definition) is 7. The highest BCUT2D eigenvalue weighted by Gasteiger charge is 2.45. The van der Waals surface area contributed by atoms with Crippen LogP contribution in [0.2, 0.25) is 16.6 Å². The van der Waals surface area contributed by atoms with Gasteiger partial charge in [0.15, 0.2) is 0 Å². The maximum Gasteiger partial charge on any atom is 0.421 e. The maximum absolute atomic E-state index is 12.5. The molecular weight excluding hydrogens is 471 g/mol. The summed E-state index contributed by atoms with van der Waals surface area (Å²) in [4.78, 5) is 13.0. The van der Waals surface area contributed by atoms with Gasteiger partial charge in [-0.15, -0.1) is 22.7 Å². The van der Waals surface area contributed by atoms with Crippen molar-refractivity contribution < 1.29 is 22.4 Å². The molecule has 176 valence electrons. The summed E-state index contributed by atoms with van der Waals surface area (Å²) in [5.74, 6) is 0. The Kier molecular flexibility index (Phi) is 8.07. The van der Waals surface area contributed by atoms with Crippen LogP contribution in [-0.2, 0) is 25.8 Å². The lowest BCUT2D eigenvalue weighted by atomic mass is 10.2. The number of ether oxygens (including phenoxy) is 1. The minimum Gasteiger partial charge on any atom is -0.443 e. The summed E-state index contributed by atoms with van der Waals surface area (Å²) < 4.78 is 39.8. The Morgan fingerprint density at radius 3 is 2.03 bits per heavy atom. The van der Waals surface area contributed by atoms with Gasteiger partial charge in [0, 0.05) is 10.3 Å². The quantitative estimate of drug-likeness (QED) is 0.396. The molecule has 0 atom stereocenters. The number of fused-ring (bicyclic) bond motifs is 1. The van der Waals surface area contributed by atoms with E-state index in [-0.39, 0.29) is 4.21 Å². The Morgan fingerprint density at radius 1 is 1.03 bits per heavy atom. The molecule has 6 nitrogen and oxygen atoms in total. The van der Waals surface area contributed by atoms with E-state index in [0.29, 0.717) is 23.2 Å². The molecule has 10 heteroatoms. The average Bonchev–Trinajstić information content (AvgIpc) is 3.10. The highest BCUT2D eigenvalue weighted by molar-refractivity contribution is 7.92. The van der Waals surface area contributed by atoms with Gasteiger partial charge in [0.05, 0.1) is 10.6 Å². The second-order valence-electron chi connectivity index (χ2n) is 9.73. The van der Waals surface area contributed by atoms with E-state index in [1.165, 1.54) is 0 Å². The lowest BCUT2D eigenvalue weighted by molar-refractivity contribution is 0.0570. The van der Waals surface area contributed by atoms with Crippen molar-refractivity contribution in [3.05, 3.63) is 17.0 Å². The van der Waals surface area contributed by atoms with E-state index < -0.39 is 30.0 Å². The normalized spacial score (nSPS) is 13.5. The van der Waals surface area contributed by atoms with Crippen molar-refractivity contribution in [2.75, 3.05) is 0 Å². The van der Waals surface area contributed by atoms with Gasteiger partial charge in [0.25, 0.3) is 10.0 Å². The van der Waals surface area contributed by atoms with Crippen LogP contribution in [0.3, 0.4) is 0 Å². The molecule has 0 saturated carbocycles. The standard InChI is InChI=1S/C21H35NO5S3Si/c1-13(2)31(14(3)4,15(5)6)26-12-17-10-16-11-18(29-19(16)28-17)30(24,25)22-20(23)27-21(7,8)9/h10-11,13-15H,12H2,1-9H3,(H,22,23). The second-order valence-corrected chi connectivity index (χ2v) is 19.6. The van der Waals surface area contributed by atoms with Gasteiger partial charge in [-0.25, -0.2) is 17.9 Å². The fourth-order valence-electron chi connectivity index (χ4n) is 4.23. The zero-order chi connectivity index (χ0) is 23.8. The Morgan fingerprint density at radius 2 is 1.58 bits per heavy atom. The predicted octanol–water partition coefficient (Wildman–Crippen LogP) is 6.87. The van der Waals surface area contributed by atoms with Crippen LogP contribution < -0.4 is 4.72 Å². The average molecular weight is 506 g/mol. The monoisotopic (exact) mass is 505 g/mol. The largest absolute Gasteiger partial charge is 0.443 e. The highest BCUT2D eigenvalue weighted by atomic mass is 32.2. The summed E-state index contributed by atoms with van der Waals surface area (Å²) in [6, 6.07) is 3.59. The summed E-state index contributed by atoms with van der Waals surface area (Å²) in [5.41, 5.74) is 0.739. The molecule has 1 amide bonds. The molecule has 0 unspecified atom stereocenters. The SMILES string of the molecule is CC(C)[Si](OCc1cc2cc(S(=O)(=O)NC(=O)OC(C)(C)C)sc2s1)(C(C)C)C(C)C. The number of carbonyl (C=O) groups is 1. The van der Waals surface area contributed by atoms with Gasteiger partial charge in [-0.05, 0) is 49.5 Å². The lowest BCUT2D eigenvalue weighted by Gasteiger charge is -2.42. The van der Waals surface area contributed by atoms with Crippen LogP contribution in [0.4, 0.5) is 4.79 Å². The van der Waals surface area contributed by atoms with Crippen molar-refractivity contribution in [3.8, 4) is 0 Å². The van der Waals surface area contributed by atoms with Crippen LogP contribution in [0.5, 0.6) is 0 Å². The molecule has 2 heterocycles. The molecule has 0 bridgehead atoms. The van der Waals surface area contributed by atoms with E-state index in [9.17, 15) is 13.2 Å². The van der Waals surface area contributed by atoms with Gasteiger partial charge in [0.2, 0.25) is 8.32 Å². The third-order valence-electron chi connectivity index (χ3n) is 5.30. The maximum atomic E-state index is 12.5. The van der Waals surface area contributed by atoms with E-state index >= 15 is 0 Å². The molecule has 2 aromatic heterocycles. The number of nitrogens with one attached hydrogen (secondary N) is 1. The molecule has 0 aromatic carbocycles. The van der Waals surface area contributed by atoms with Crippen LogP contribution in [0, 0.1) is 0 Å². The summed E-state index contributed by atoms with van der Waals surface area (Å²) in [6.45, 7) is 19.1. The summed E-state index contributed by atoms with van der Waals surface area (Å²) in [7, 11) is -5.93. The van der Waals surface area contributed by atoms with E-state index in [4.69, 9.17) is 9.16 Å². The minimum absolute atomic E-state index is 0.0994. The van der Waals surface area contributed by atoms with E-state index in [1.807, 2.05) is 10.8 Å². The van der Waals surface area contributed by atoms with Crippen LogP contribution in [0.25, 0.3) is 9.40 Å². The van der Waals surface area contributed by atoms with Gasteiger partial charge >= 0.3 is 6.09 Å². The van der Waals surface area contributed by atoms with E-state index in [2.05, 4.69) is 41.5 Å². The van der Waals surface area contributed by atoms with Gasteiger partial charge in [0.1, 0.15) is 9.81 Å². The Labute approximate surface area is 195 Å². The number of hydrogen-bond donors (Lipinski definition) is 1. The third-order valence-corrected chi connectivity index (χ3v) is 15.5. The van der Waals surface area contributed by atoms with Crippen molar-refractivity contribution in [1.29, 1.82) is 0 Å². The lowest BCUT2D eigenvalue weighted by Crippen LogP contribution is -2.47. The van der Waals surface area contributed by atoms with Crippen molar-refractivity contribution in [2.24, 2.45) is 0 Å². The van der Waals surface area contributed by atoms with Gasteiger partial charge in [-0.3, -0.25) is 0 Å². The fraction of sp³-hybridized carbons (Fsp3) is 0.667. The summed E-state index contributed by atoms with van der Waals surface area (Å²) in [6.07, 6.45) is -0.976. The predicted molar refractivity (Wildman–Crippen MR) is 132 cm³/mol.